The number of hydrogen-bond acceptors (Lipinski definition) is 2. The first-order valence-corrected chi connectivity index (χ1v) is 4.09. The van der Waals surface area contributed by atoms with Gasteiger partial charge in [0.1, 0.15) is 0 Å². The van der Waals surface area contributed by atoms with E-state index in [1.807, 2.05) is 0 Å². The van der Waals surface area contributed by atoms with Crippen molar-refractivity contribution in [3.05, 3.63) is 0 Å². The Labute approximate surface area is 66.6 Å². The minimum atomic E-state index is 0.434. The lowest BCUT2D eigenvalue weighted by Crippen LogP contribution is -2.22. The van der Waals surface area contributed by atoms with Crippen LogP contribution in [-0.4, -0.2) is 9.73 Å². The van der Waals surface area contributed by atoms with E-state index in [9.17, 15) is 0 Å². The third kappa shape index (κ3) is 1.55. The van der Waals surface area contributed by atoms with E-state index in [1.165, 1.54) is 6.42 Å². The topological polar surface area (TPSA) is 0 Å². The second-order valence-corrected chi connectivity index (χ2v) is 3.56. The molecule has 1 saturated carbocycles. The van der Waals surface area contributed by atoms with E-state index in [1.54, 1.807) is 0 Å². The molecular formula is C7H10S2. The zero-order chi connectivity index (χ0) is 6.85. The molecule has 0 nitrogen and oxygen atoms in total. The molecule has 0 aromatic rings. The van der Waals surface area contributed by atoms with Crippen LogP contribution in [-0.2, 0) is 0 Å². The standard InChI is InChI=1S/C7H10S2/c1-5-6(8)3-2-4-7(5)9/h5H,2-4H2,1H3. The summed E-state index contributed by atoms with van der Waals surface area (Å²) in [5, 5.41) is 0. The second kappa shape index (κ2) is 2.84. The molecule has 0 unspecified atom stereocenters. The molecule has 0 amide bonds. The summed E-state index contributed by atoms with van der Waals surface area (Å²) in [5.41, 5.74) is 0. The van der Waals surface area contributed by atoms with Gasteiger partial charge in [-0.15, -0.1) is 0 Å². The summed E-state index contributed by atoms with van der Waals surface area (Å²) < 4.78 is 0. The highest BCUT2D eigenvalue weighted by Crippen LogP contribution is 2.19. The largest absolute Gasteiger partial charge is 0.0890 e. The molecule has 0 aromatic heterocycles. The molecule has 1 aliphatic carbocycles. The van der Waals surface area contributed by atoms with E-state index >= 15 is 0 Å². The van der Waals surface area contributed by atoms with Crippen LogP contribution in [0.15, 0.2) is 0 Å². The molecular weight excluding hydrogens is 148 g/mol. The van der Waals surface area contributed by atoms with E-state index in [-0.39, 0.29) is 0 Å². The lowest BCUT2D eigenvalue weighted by Gasteiger charge is -2.19. The molecule has 0 saturated heterocycles. The monoisotopic (exact) mass is 158 g/mol. The van der Waals surface area contributed by atoms with Crippen LogP contribution >= 0.6 is 24.4 Å². The van der Waals surface area contributed by atoms with Gasteiger partial charge in [-0.05, 0) is 19.3 Å². The molecule has 9 heavy (non-hydrogen) atoms. The van der Waals surface area contributed by atoms with Crippen molar-refractivity contribution < 1.29 is 0 Å². The van der Waals surface area contributed by atoms with E-state index in [0.29, 0.717) is 5.92 Å². The second-order valence-electron chi connectivity index (χ2n) is 2.51. The van der Waals surface area contributed by atoms with Crippen LogP contribution in [0.25, 0.3) is 0 Å². The first-order chi connectivity index (χ1) is 4.22. The number of rotatable bonds is 0. The summed E-state index contributed by atoms with van der Waals surface area (Å²) >= 11 is 10.2. The maximum absolute atomic E-state index is 5.12. The van der Waals surface area contributed by atoms with Crippen molar-refractivity contribution in [2.75, 3.05) is 0 Å². The molecule has 0 heterocycles. The van der Waals surface area contributed by atoms with Gasteiger partial charge in [0.15, 0.2) is 0 Å². The summed E-state index contributed by atoms with van der Waals surface area (Å²) in [7, 11) is 0. The third-order valence-corrected chi connectivity index (χ3v) is 2.93. The minimum absolute atomic E-state index is 0.434. The van der Waals surface area contributed by atoms with Gasteiger partial charge in [-0.1, -0.05) is 31.4 Å². The lowest BCUT2D eigenvalue weighted by atomic mass is 9.90. The molecule has 0 N–H and O–H groups in total. The van der Waals surface area contributed by atoms with E-state index in [4.69, 9.17) is 24.4 Å². The Morgan fingerprint density at radius 2 is 1.67 bits per heavy atom. The van der Waals surface area contributed by atoms with Crippen molar-refractivity contribution in [3.63, 3.8) is 0 Å². The average molecular weight is 158 g/mol. The Morgan fingerprint density at radius 3 is 2.00 bits per heavy atom. The molecule has 1 fully saturated rings. The van der Waals surface area contributed by atoms with E-state index in [0.717, 1.165) is 22.6 Å². The molecule has 0 radical (unpaired) electrons. The third-order valence-electron chi connectivity index (χ3n) is 1.81. The fourth-order valence-electron chi connectivity index (χ4n) is 1.05. The van der Waals surface area contributed by atoms with Crippen molar-refractivity contribution in [1.82, 2.24) is 0 Å². The molecule has 1 aliphatic rings. The Kier molecular flexibility index (Phi) is 2.30. The molecule has 0 bridgehead atoms. The van der Waals surface area contributed by atoms with Crippen molar-refractivity contribution in [2.45, 2.75) is 26.2 Å². The first kappa shape index (κ1) is 7.29. The highest BCUT2D eigenvalue weighted by atomic mass is 32.1. The van der Waals surface area contributed by atoms with E-state index < -0.39 is 0 Å². The number of thiocarbonyl (C=S) groups is 2. The number of hydrogen-bond donors (Lipinski definition) is 0. The molecule has 1 rings (SSSR count). The highest BCUT2D eigenvalue weighted by Gasteiger charge is 2.18. The normalized spacial score (nSPS) is 22.8. The molecule has 0 aliphatic heterocycles. The van der Waals surface area contributed by atoms with Gasteiger partial charge in [-0.25, -0.2) is 0 Å². The zero-order valence-corrected chi connectivity index (χ0v) is 7.15. The van der Waals surface area contributed by atoms with Gasteiger partial charge in [-0.3, -0.25) is 0 Å². The average Bonchev–Trinajstić information content (AvgIpc) is 1.83. The van der Waals surface area contributed by atoms with Gasteiger partial charge in [0.2, 0.25) is 0 Å². The quantitative estimate of drug-likeness (QED) is 0.497. The maximum atomic E-state index is 5.12. The van der Waals surface area contributed by atoms with Crippen LogP contribution in [0.4, 0.5) is 0 Å². The predicted molar refractivity (Wildman–Crippen MR) is 48.2 cm³/mol. The Morgan fingerprint density at radius 1 is 1.22 bits per heavy atom. The summed E-state index contributed by atoms with van der Waals surface area (Å²) in [4.78, 5) is 2.32. The highest BCUT2D eigenvalue weighted by molar-refractivity contribution is 7.82. The van der Waals surface area contributed by atoms with Crippen molar-refractivity contribution in [1.29, 1.82) is 0 Å². The minimum Gasteiger partial charge on any atom is -0.0890 e. The van der Waals surface area contributed by atoms with Crippen LogP contribution in [0, 0.1) is 5.92 Å². The predicted octanol–water partition coefficient (Wildman–Crippen LogP) is 2.55. The Bertz CT molecular complexity index is 133. The maximum Gasteiger partial charge on any atom is 0.0188 e. The van der Waals surface area contributed by atoms with Gasteiger partial charge < -0.3 is 0 Å². The first-order valence-electron chi connectivity index (χ1n) is 3.27. The fourth-order valence-corrected chi connectivity index (χ4v) is 1.70. The lowest BCUT2D eigenvalue weighted by molar-refractivity contribution is 0.833. The Hall–Kier alpha value is 0.180. The van der Waals surface area contributed by atoms with E-state index in [2.05, 4.69) is 6.92 Å². The van der Waals surface area contributed by atoms with Crippen LogP contribution in [0.5, 0.6) is 0 Å². The van der Waals surface area contributed by atoms with Crippen molar-refractivity contribution >= 4 is 34.2 Å². The SMILES string of the molecule is CC1C(=S)CCCC1=S. The van der Waals surface area contributed by atoms with Crippen LogP contribution in [0.2, 0.25) is 0 Å². The van der Waals surface area contributed by atoms with Gasteiger partial charge in [0.25, 0.3) is 0 Å². The smallest absolute Gasteiger partial charge is 0.0188 e. The molecule has 50 valence electrons. The summed E-state index contributed by atoms with van der Waals surface area (Å²) in [6.07, 6.45) is 3.40. The molecule has 2 heteroatoms. The fraction of sp³-hybridized carbons (Fsp3) is 0.714. The van der Waals surface area contributed by atoms with Gasteiger partial charge in [0, 0.05) is 15.6 Å². The van der Waals surface area contributed by atoms with Gasteiger partial charge in [-0.2, -0.15) is 0 Å². The van der Waals surface area contributed by atoms with Gasteiger partial charge in [0.05, 0.1) is 0 Å². The Balaban J connectivity index is 2.62. The van der Waals surface area contributed by atoms with Crippen molar-refractivity contribution in [3.8, 4) is 0 Å². The van der Waals surface area contributed by atoms with Crippen LogP contribution < -0.4 is 0 Å². The van der Waals surface area contributed by atoms with Crippen LogP contribution in [0.1, 0.15) is 26.2 Å². The van der Waals surface area contributed by atoms with Crippen molar-refractivity contribution in [2.24, 2.45) is 5.92 Å². The summed E-state index contributed by atoms with van der Waals surface area (Å²) in [5.74, 6) is 0.434. The molecule has 0 spiro atoms. The summed E-state index contributed by atoms with van der Waals surface area (Å²) in [6, 6.07) is 0. The molecule has 0 atom stereocenters. The summed E-state index contributed by atoms with van der Waals surface area (Å²) in [6.45, 7) is 2.11. The van der Waals surface area contributed by atoms with Crippen LogP contribution in [0.3, 0.4) is 0 Å². The zero-order valence-electron chi connectivity index (χ0n) is 5.52. The molecule has 0 aromatic carbocycles. The van der Waals surface area contributed by atoms with Gasteiger partial charge >= 0.3 is 0 Å².